The average Bonchev–Trinajstić information content (AvgIpc) is 2.54. The minimum absolute atomic E-state index is 0.571. The van der Waals surface area contributed by atoms with Gasteiger partial charge in [0.2, 0.25) is 0 Å². The van der Waals surface area contributed by atoms with Crippen LogP contribution in [0.4, 0.5) is 13.2 Å². The largest absolute Gasteiger partial charge is 0.416 e. The predicted octanol–water partition coefficient (Wildman–Crippen LogP) is 3.92. The Morgan fingerprint density at radius 3 is 2.50 bits per heavy atom. The van der Waals surface area contributed by atoms with Crippen LogP contribution in [-0.4, -0.2) is 3.97 Å². The molecule has 0 bridgehead atoms. The molecule has 0 saturated heterocycles. The first-order valence-corrected chi connectivity index (χ1v) is 5.24. The van der Waals surface area contributed by atoms with Crippen molar-refractivity contribution in [3.63, 3.8) is 0 Å². The minimum Gasteiger partial charge on any atom is -0.291 e. The molecule has 0 aliphatic heterocycles. The fourth-order valence-electron chi connectivity index (χ4n) is 1.69. The van der Waals surface area contributed by atoms with Gasteiger partial charge in [-0.25, -0.2) is 0 Å². The SMILES string of the molecule is CCc1cc2cc(C(F)(F)F)ccc2n1S. The van der Waals surface area contributed by atoms with Gasteiger partial charge in [-0.3, -0.25) is 3.97 Å². The molecule has 1 aromatic carbocycles. The number of rotatable bonds is 1. The molecule has 0 N–H and O–H groups in total. The molecule has 5 heteroatoms. The number of thiol groups is 1. The Hall–Kier alpha value is -1.10. The van der Waals surface area contributed by atoms with Gasteiger partial charge in [-0.1, -0.05) is 19.7 Å². The highest BCUT2D eigenvalue weighted by molar-refractivity contribution is 7.78. The lowest BCUT2D eigenvalue weighted by Crippen LogP contribution is -2.04. The number of alkyl halides is 3. The van der Waals surface area contributed by atoms with E-state index in [2.05, 4.69) is 12.8 Å². The third-order valence-corrected chi connectivity index (χ3v) is 3.01. The first-order chi connectivity index (χ1) is 7.43. The lowest BCUT2D eigenvalue weighted by atomic mass is 10.1. The van der Waals surface area contributed by atoms with Crippen molar-refractivity contribution in [2.24, 2.45) is 0 Å². The highest BCUT2D eigenvalue weighted by atomic mass is 32.1. The van der Waals surface area contributed by atoms with E-state index in [9.17, 15) is 13.2 Å². The zero-order valence-electron chi connectivity index (χ0n) is 8.54. The number of hydrogen-bond donors (Lipinski definition) is 1. The van der Waals surface area contributed by atoms with Gasteiger partial charge in [0.15, 0.2) is 0 Å². The second-order valence-corrected chi connectivity index (χ2v) is 3.97. The number of benzene rings is 1. The molecule has 2 rings (SSSR count). The maximum absolute atomic E-state index is 12.5. The van der Waals surface area contributed by atoms with Crippen LogP contribution in [0.1, 0.15) is 18.2 Å². The van der Waals surface area contributed by atoms with E-state index in [-0.39, 0.29) is 0 Å². The number of fused-ring (bicyclic) bond motifs is 1. The summed E-state index contributed by atoms with van der Waals surface area (Å²) in [5, 5.41) is 0.571. The predicted molar refractivity (Wildman–Crippen MR) is 60.7 cm³/mol. The Labute approximate surface area is 96.4 Å². The fraction of sp³-hybridized carbons (Fsp3) is 0.273. The molecular weight excluding hydrogens is 235 g/mol. The van der Waals surface area contributed by atoms with Crippen molar-refractivity contribution < 1.29 is 13.2 Å². The van der Waals surface area contributed by atoms with Crippen LogP contribution in [0.3, 0.4) is 0 Å². The van der Waals surface area contributed by atoms with Crippen LogP contribution >= 0.6 is 12.8 Å². The monoisotopic (exact) mass is 245 g/mol. The van der Waals surface area contributed by atoms with Crippen molar-refractivity contribution >= 4 is 23.7 Å². The number of aromatic nitrogens is 1. The molecule has 0 fully saturated rings. The van der Waals surface area contributed by atoms with Crippen molar-refractivity contribution in [2.45, 2.75) is 19.5 Å². The summed E-state index contributed by atoms with van der Waals surface area (Å²) in [7, 11) is 0. The van der Waals surface area contributed by atoms with Gasteiger partial charge in [0.05, 0.1) is 11.1 Å². The minimum atomic E-state index is -4.29. The van der Waals surface area contributed by atoms with Gasteiger partial charge in [-0.15, -0.1) is 0 Å². The number of nitrogens with zero attached hydrogens (tertiary/aromatic N) is 1. The molecule has 0 radical (unpaired) electrons. The molecule has 1 aromatic heterocycles. The van der Waals surface area contributed by atoms with Crippen molar-refractivity contribution in [2.75, 3.05) is 0 Å². The molecule has 86 valence electrons. The van der Waals surface area contributed by atoms with E-state index in [1.54, 1.807) is 10.0 Å². The number of aryl methyl sites for hydroxylation is 1. The zero-order valence-corrected chi connectivity index (χ0v) is 9.44. The second-order valence-electron chi connectivity index (χ2n) is 3.57. The summed E-state index contributed by atoms with van der Waals surface area (Å²) in [5.41, 5.74) is 0.979. The Bertz CT molecular complexity index is 528. The number of halogens is 3. The van der Waals surface area contributed by atoms with E-state index in [1.807, 2.05) is 6.92 Å². The van der Waals surface area contributed by atoms with Gasteiger partial charge in [0, 0.05) is 11.1 Å². The van der Waals surface area contributed by atoms with Gasteiger partial charge in [0.1, 0.15) is 0 Å². The molecule has 2 aromatic rings. The molecular formula is C11H10F3NS. The van der Waals surface area contributed by atoms with Crippen molar-refractivity contribution in [3.05, 3.63) is 35.5 Å². The summed E-state index contributed by atoms with van der Waals surface area (Å²) < 4.78 is 39.1. The van der Waals surface area contributed by atoms with Gasteiger partial charge < -0.3 is 0 Å². The Morgan fingerprint density at radius 2 is 1.94 bits per heavy atom. The van der Waals surface area contributed by atoms with Crippen LogP contribution in [0.2, 0.25) is 0 Å². The highest BCUT2D eigenvalue weighted by Gasteiger charge is 2.30. The van der Waals surface area contributed by atoms with Gasteiger partial charge in [-0.2, -0.15) is 13.2 Å². The Balaban J connectivity index is 2.64. The van der Waals surface area contributed by atoms with E-state index in [0.717, 1.165) is 24.2 Å². The molecule has 0 aliphatic rings. The standard InChI is InChI=1S/C11H10F3NS/c1-2-9-6-7-5-8(11(12,13)14)3-4-10(7)15(9)16/h3-6,16H,2H2,1H3. The Kier molecular flexibility index (Phi) is 2.66. The van der Waals surface area contributed by atoms with Crippen LogP contribution in [0.5, 0.6) is 0 Å². The van der Waals surface area contributed by atoms with Crippen molar-refractivity contribution in [1.29, 1.82) is 0 Å². The molecule has 0 unspecified atom stereocenters. The molecule has 0 atom stereocenters. The third kappa shape index (κ3) is 1.80. The van der Waals surface area contributed by atoms with E-state index in [4.69, 9.17) is 0 Å². The second kappa shape index (κ2) is 3.73. The molecule has 0 saturated carbocycles. The van der Waals surface area contributed by atoms with E-state index >= 15 is 0 Å². The average molecular weight is 245 g/mol. The summed E-state index contributed by atoms with van der Waals surface area (Å²) in [4.78, 5) is 0. The van der Waals surface area contributed by atoms with Crippen LogP contribution < -0.4 is 0 Å². The normalized spacial score (nSPS) is 12.3. The maximum atomic E-state index is 12.5. The van der Waals surface area contributed by atoms with E-state index in [1.165, 1.54) is 6.07 Å². The molecule has 1 nitrogen and oxygen atoms in total. The molecule has 0 spiro atoms. The summed E-state index contributed by atoms with van der Waals surface area (Å²) >= 11 is 4.24. The highest BCUT2D eigenvalue weighted by Crippen LogP contribution is 2.32. The van der Waals surface area contributed by atoms with Crippen LogP contribution in [-0.2, 0) is 12.6 Å². The fourth-order valence-corrected chi connectivity index (χ4v) is 2.07. The van der Waals surface area contributed by atoms with Gasteiger partial charge in [0.25, 0.3) is 0 Å². The summed E-state index contributed by atoms with van der Waals surface area (Å²) in [5.74, 6) is 0. The van der Waals surface area contributed by atoms with Gasteiger partial charge in [-0.05, 0) is 30.7 Å². The molecule has 0 aliphatic carbocycles. The maximum Gasteiger partial charge on any atom is 0.416 e. The first-order valence-electron chi connectivity index (χ1n) is 4.84. The topological polar surface area (TPSA) is 4.93 Å². The van der Waals surface area contributed by atoms with Crippen molar-refractivity contribution in [3.8, 4) is 0 Å². The van der Waals surface area contributed by atoms with E-state index in [0.29, 0.717) is 10.9 Å². The lowest BCUT2D eigenvalue weighted by Gasteiger charge is -2.06. The molecule has 1 heterocycles. The van der Waals surface area contributed by atoms with Crippen LogP contribution in [0.15, 0.2) is 24.3 Å². The smallest absolute Gasteiger partial charge is 0.291 e. The summed E-state index contributed by atoms with van der Waals surface area (Å²) in [6, 6.07) is 5.41. The van der Waals surface area contributed by atoms with E-state index < -0.39 is 11.7 Å². The third-order valence-electron chi connectivity index (χ3n) is 2.54. The van der Waals surface area contributed by atoms with Crippen LogP contribution in [0.25, 0.3) is 10.9 Å². The quantitative estimate of drug-likeness (QED) is 0.727. The molecule has 0 amide bonds. The van der Waals surface area contributed by atoms with Gasteiger partial charge >= 0.3 is 6.18 Å². The summed E-state index contributed by atoms with van der Waals surface area (Å²) in [6.07, 6.45) is -3.56. The Morgan fingerprint density at radius 1 is 1.25 bits per heavy atom. The summed E-state index contributed by atoms with van der Waals surface area (Å²) in [6.45, 7) is 1.94. The zero-order chi connectivity index (χ0) is 11.9. The first kappa shape index (κ1) is 11.4. The van der Waals surface area contributed by atoms with Crippen LogP contribution in [0, 0.1) is 0 Å². The lowest BCUT2D eigenvalue weighted by molar-refractivity contribution is -0.137. The van der Waals surface area contributed by atoms with Crippen molar-refractivity contribution in [1.82, 2.24) is 3.97 Å². The number of hydrogen-bond acceptors (Lipinski definition) is 1. The molecule has 16 heavy (non-hydrogen) atoms.